The van der Waals surface area contributed by atoms with Gasteiger partial charge in [0.1, 0.15) is 0 Å². The average molecular weight is 297 g/mol. The molecule has 1 aromatic heterocycles. The van der Waals surface area contributed by atoms with Crippen molar-refractivity contribution < 1.29 is 4.79 Å². The van der Waals surface area contributed by atoms with Gasteiger partial charge in [0.25, 0.3) is 5.56 Å². The van der Waals surface area contributed by atoms with E-state index in [-0.39, 0.29) is 11.5 Å². The highest BCUT2D eigenvalue weighted by Gasteiger charge is 2.20. The molecule has 0 saturated carbocycles. The predicted octanol–water partition coefficient (Wildman–Crippen LogP) is 1.23. The van der Waals surface area contributed by atoms with Crippen LogP contribution in [0.2, 0.25) is 0 Å². The second kappa shape index (κ2) is 5.58. The van der Waals surface area contributed by atoms with Crippen LogP contribution in [-0.4, -0.2) is 39.6 Å². The van der Waals surface area contributed by atoms with Crippen molar-refractivity contribution in [2.75, 3.05) is 18.8 Å². The van der Waals surface area contributed by atoms with Crippen molar-refractivity contribution >= 4 is 29.4 Å². The molecule has 1 aromatic rings. The number of nitrogens with one attached hydrogen (secondary N) is 1. The van der Waals surface area contributed by atoms with Crippen LogP contribution in [-0.2, 0) is 16.3 Å². The van der Waals surface area contributed by atoms with E-state index in [9.17, 15) is 9.59 Å². The zero-order chi connectivity index (χ0) is 13.2. The summed E-state index contributed by atoms with van der Waals surface area (Å²) < 4.78 is 0. The Balaban J connectivity index is 1.65. The predicted molar refractivity (Wildman–Crippen MR) is 76.4 cm³/mol. The van der Waals surface area contributed by atoms with Gasteiger partial charge < -0.3 is 9.88 Å². The van der Waals surface area contributed by atoms with E-state index >= 15 is 0 Å². The summed E-state index contributed by atoms with van der Waals surface area (Å²) in [5, 5.41) is 0.568. The zero-order valence-corrected chi connectivity index (χ0v) is 12.1. The van der Waals surface area contributed by atoms with Crippen molar-refractivity contribution in [1.82, 2.24) is 14.9 Å². The van der Waals surface area contributed by atoms with Crippen LogP contribution < -0.4 is 5.56 Å². The number of fused-ring (bicyclic) bond motifs is 1. The number of nitrogens with zero attached hydrogens (tertiary/aromatic N) is 2. The second-order valence-corrected chi connectivity index (χ2v) is 6.62. The van der Waals surface area contributed by atoms with E-state index in [1.807, 2.05) is 4.90 Å². The number of rotatable bonds is 3. The molecule has 1 amide bonds. The van der Waals surface area contributed by atoms with Gasteiger partial charge in [0.05, 0.1) is 11.4 Å². The fraction of sp³-hybridized carbons (Fsp3) is 0.583. The van der Waals surface area contributed by atoms with Crippen LogP contribution in [0, 0.1) is 0 Å². The molecule has 3 heterocycles. The molecule has 5 nitrogen and oxygen atoms in total. The van der Waals surface area contributed by atoms with Gasteiger partial charge in [-0.25, -0.2) is 4.98 Å². The maximum atomic E-state index is 11.9. The van der Waals surface area contributed by atoms with Crippen LogP contribution in [0.25, 0.3) is 0 Å². The van der Waals surface area contributed by atoms with E-state index in [0.717, 1.165) is 48.7 Å². The maximum Gasteiger partial charge on any atom is 0.255 e. The number of aromatic nitrogens is 2. The van der Waals surface area contributed by atoms with Gasteiger partial charge in [0, 0.05) is 30.2 Å². The summed E-state index contributed by atoms with van der Waals surface area (Å²) in [6, 6.07) is 0. The van der Waals surface area contributed by atoms with Crippen molar-refractivity contribution in [1.29, 1.82) is 0 Å². The first-order valence-corrected chi connectivity index (χ1v) is 8.48. The molecule has 2 aliphatic heterocycles. The SMILES string of the molecule is O=C(CSc1nc2c(c(=O)[nH]1)CSC2)N1CCCC1. The molecule has 1 fully saturated rings. The summed E-state index contributed by atoms with van der Waals surface area (Å²) >= 11 is 3.03. The Kier molecular flexibility index (Phi) is 3.83. The Hall–Kier alpha value is -0.950. The van der Waals surface area contributed by atoms with Gasteiger partial charge in [-0.2, -0.15) is 11.8 Å². The first kappa shape index (κ1) is 13.1. The van der Waals surface area contributed by atoms with Crippen LogP contribution in [0.3, 0.4) is 0 Å². The van der Waals surface area contributed by atoms with Crippen molar-refractivity contribution in [2.45, 2.75) is 29.5 Å². The van der Waals surface area contributed by atoms with Crippen LogP contribution in [0.15, 0.2) is 9.95 Å². The van der Waals surface area contributed by atoms with E-state index in [1.54, 1.807) is 11.8 Å². The fourth-order valence-electron chi connectivity index (χ4n) is 2.30. The van der Waals surface area contributed by atoms with Crippen LogP contribution in [0.4, 0.5) is 0 Å². The van der Waals surface area contributed by atoms with E-state index in [0.29, 0.717) is 10.9 Å². The van der Waals surface area contributed by atoms with E-state index in [2.05, 4.69) is 9.97 Å². The lowest BCUT2D eigenvalue weighted by atomic mass is 10.3. The Bertz CT molecular complexity index is 552. The third-order valence-corrected chi connectivity index (χ3v) is 5.18. The molecule has 0 spiro atoms. The highest BCUT2D eigenvalue weighted by atomic mass is 32.2. The number of hydrogen-bond donors (Lipinski definition) is 1. The normalized spacial score (nSPS) is 17.8. The van der Waals surface area contributed by atoms with Gasteiger partial charge in [-0.15, -0.1) is 0 Å². The number of aromatic amines is 1. The molecule has 1 N–H and O–H groups in total. The molecular formula is C12H15N3O2S2. The van der Waals surface area contributed by atoms with E-state index < -0.39 is 0 Å². The fourth-order valence-corrected chi connectivity index (χ4v) is 4.11. The molecule has 7 heteroatoms. The Morgan fingerprint density at radius 2 is 2.16 bits per heavy atom. The third-order valence-electron chi connectivity index (χ3n) is 3.36. The van der Waals surface area contributed by atoms with Gasteiger partial charge in [0.2, 0.25) is 5.91 Å². The lowest BCUT2D eigenvalue weighted by Crippen LogP contribution is -2.29. The summed E-state index contributed by atoms with van der Waals surface area (Å²) in [5.74, 6) is 2.04. The van der Waals surface area contributed by atoms with Gasteiger partial charge in [-0.3, -0.25) is 9.59 Å². The van der Waals surface area contributed by atoms with Gasteiger partial charge in [0.15, 0.2) is 5.16 Å². The minimum absolute atomic E-state index is 0.0499. The molecule has 0 bridgehead atoms. The minimum atomic E-state index is -0.0499. The second-order valence-electron chi connectivity index (χ2n) is 4.67. The van der Waals surface area contributed by atoms with Crippen LogP contribution >= 0.6 is 23.5 Å². The zero-order valence-electron chi connectivity index (χ0n) is 10.5. The van der Waals surface area contributed by atoms with Crippen LogP contribution in [0.1, 0.15) is 24.1 Å². The summed E-state index contributed by atoms with van der Waals surface area (Å²) in [4.78, 5) is 32.8. The Morgan fingerprint density at radius 1 is 1.37 bits per heavy atom. The first-order valence-electron chi connectivity index (χ1n) is 6.34. The van der Waals surface area contributed by atoms with Gasteiger partial charge >= 0.3 is 0 Å². The average Bonchev–Trinajstić information content (AvgIpc) is 3.06. The molecule has 102 valence electrons. The Morgan fingerprint density at radius 3 is 2.95 bits per heavy atom. The molecule has 0 atom stereocenters. The summed E-state index contributed by atoms with van der Waals surface area (Å²) in [6.45, 7) is 1.73. The number of H-pyrrole nitrogens is 1. The molecule has 19 heavy (non-hydrogen) atoms. The minimum Gasteiger partial charge on any atom is -0.342 e. The summed E-state index contributed by atoms with van der Waals surface area (Å²) in [5.41, 5.74) is 1.62. The quantitative estimate of drug-likeness (QED) is 0.671. The lowest BCUT2D eigenvalue weighted by molar-refractivity contribution is -0.127. The smallest absolute Gasteiger partial charge is 0.255 e. The molecule has 3 rings (SSSR count). The number of thioether (sulfide) groups is 2. The number of amides is 1. The monoisotopic (exact) mass is 297 g/mol. The van der Waals surface area contributed by atoms with E-state index in [1.165, 1.54) is 11.8 Å². The maximum absolute atomic E-state index is 11.9. The first-order chi connectivity index (χ1) is 9.24. The molecule has 1 saturated heterocycles. The largest absolute Gasteiger partial charge is 0.342 e. The highest BCUT2D eigenvalue weighted by molar-refractivity contribution is 7.99. The van der Waals surface area contributed by atoms with Crippen molar-refractivity contribution in [2.24, 2.45) is 0 Å². The highest BCUT2D eigenvalue weighted by Crippen LogP contribution is 2.26. The molecule has 0 radical (unpaired) electrons. The molecule has 0 aromatic carbocycles. The summed E-state index contributed by atoms with van der Waals surface area (Å²) in [7, 11) is 0. The number of carbonyl (C=O) groups is 1. The van der Waals surface area contributed by atoms with Crippen LogP contribution in [0.5, 0.6) is 0 Å². The van der Waals surface area contributed by atoms with E-state index in [4.69, 9.17) is 0 Å². The van der Waals surface area contributed by atoms with Crippen molar-refractivity contribution in [3.05, 3.63) is 21.6 Å². The third kappa shape index (κ3) is 2.81. The molecule has 2 aliphatic rings. The van der Waals surface area contributed by atoms with Crippen molar-refractivity contribution in [3.8, 4) is 0 Å². The summed E-state index contributed by atoms with van der Waals surface area (Å²) in [6.07, 6.45) is 2.20. The molecular weight excluding hydrogens is 282 g/mol. The molecule has 0 aliphatic carbocycles. The topological polar surface area (TPSA) is 66.1 Å². The Labute approximate surface area is 119 Å². The van der Waals surface area contributed by atoms with Crippen molar-refractivity contribution in [3.63, 3.8) is 0 Å². The molecule has 0 unspecified atom stereocenters. The standard InChI is InChI=1S/C12H15N3O2S2/c16-10(15-3-1-2-4-15)7-19-12-13-9-6-18-5-8(9)11(17)14-12/h1-7H2,(H,13,14,17). The van der Waals surface area contributed by atoms with Gasteiger partial charge in [-0.05, 0) is 12.8 Å². The van der Waals surface area contributed by atoms with Gasteiger partial charge in [-0.1, -0.05) is 11.8 Å². The number of likely N-dealkylation sites (tertiary alicyclic amines) is 1. The number of hydrogen-bond acceptors (Lipinski definition) is 5. The number of carbonyl (C=O) groups excluding carboxylic acids is 1. The lowest BCUT2D eigenvalue weighted by Gasteiger charge is -2.14.